The van der Waals surface area contributed by atoms with Crippen LogP contribution in [0.2, 0.25) is 0 Å². The zero-order valence-corrected chi connectivity index (χ0v) is 16.1. The number of nitrogens with zero attached hydrogens (tertiary/aromatic N) is 3. The van der Waals surface area contributed by atoms with E-state index in [2.05, 4.69) is 19.3 Å². The Bertz CT molecular complexity index is 1040. The van der Waals surface area contributed by atoms with Crippen molar-refractivity contribution in [3.05, 3.63) is 16.7 Å². The van der Waals surface area contributed by atoms with Gasteiger partial charge in [0.05, 0.1) is 20.3 Å². The van der Waals surface area contributed by atoms with Crippen LogP contribution in [0.1, 0.15) is 6.23 Å². The Labute approximate surface area is 159 Å². The summed E-state index contributed by atoms with van der Waals surface area (Å²) in [5.41, 5.74) is 4.65. The molecule has 0 aromatic carbocycles. The molecule has 1 saturated heterocycles. The van der Waals surface area contributed by atoms with Gasteiger partial charge in [-0.15, -0.1) is 0 Å². The first-order valence-electron chi connectivity index (χ1n) is 7.31. The van der Waals surface area contributed by atoms with Gasteiger partial charge in [0.2, 0.25) is 5.95 Å². The summed E-state index contributed by atoms with van der Waals surface area (Å²) in [5, 5.41) is 20.3. The summed E-state index contributed by atoms with van der Waals surface area (Å²) < 4.78 is 31.9. The molecule has 5 N–H and O–H groups in total. The van der Waals surface area contributed by atoms with E-state index in [-0.39, 0.29) is 28.5 Å². The van der Waals surface area contributed by atoms with Crippen LogP contribution in [0.15, 0.2) is 11.1 Å². The zero-order valence-electron chi connectivity index (χ0n) is 13.5. The van der Waals surface area contributed by atoms with Gasteiger partial charge in [-0.1, -0.05) is 11.4 Å². The van der Waals surface area contributed by atoms with Gasteiger partial charge in [-0.25, -0.2) is 4.98 Å². The second-order valence-corrected chi connectivity index (χ2v) is 10.7. The molecule has 18 heteroatoms. The Morgan fingerprint density at radius 1 is 1.36 bits per heavy atom. The Morgan fingerprint density at radius 3 is 2.68 bits per heavy atom. The van der Waals surface area contributed by atoms with Crippen LogP contribution in [0.3, 0.4) is 0 Å². The second kappa shape index (κ2) is 7.50. The number of ether oxygens (including phenoxy) is 1. The van der Waals surface area contributed by atoms with Gasteiger partial charge >= 0.3 is 0 Å². The highest BCUT2D eigenvalue weighted by Crippen LogP contribution is 2.59. The molecule has 3 rings (SSSR count). The van der Waals surface area contributed by atoms with Crippen molar-refractivity contribution in [3.63, 3.8) is 0 Å². The summed E-state index contributed by atoms with van der Waals surface area (Å²) in [5.74, 6) is -0.804. The number of nitrogen functional groups attached to an aromatic ring is 1. The molecule has 156 valence electrons. The number of aliphatic hydroxyl groups excluding tert-OH is 2. The predicted molar refractivity (Wildman–Crippen MR) is 87.2 cm³/mol. The van der Waals surface area contributed by atoms with Crippen molar-refractivity contribution >= 4 is 43.1 Å². The summed E-state index contributed by atoms with van der Waals surface area (Å²) in [7, 11) is -5.78. The van der Waals surface area contributed by atoms with Crippen LogP contribution in [0.4, 0.5) is 5.95 Å². The van der Waals surface area contributed by atoms with Crippen LogP contribution in [0.5, 0.6) is 0 Å². The number of aromatic amines is 1. The van der Waals surface area contributed by atoms with Gasteiger partial charge in [-0.05, 0) is 0 Å². The van der Waals surface area contributed by atoms with Crippen molar-refractivity contribution in [2.45, 2.75) is 24.5 Å². The third-order valence-electron chi connectivity index (χ3n) is 3.66. The molecule has 0 saturated carbocycles. The number of anilines is 1. The smallest absolute Gasteiger partial charge is 0.280 e. The lowest BCUT2D eigenvalue weighted by Gasteiger charge is -2.35. The number of rotatable bonds is 6. The van der Waals surface area contributed by atoms with E-state index in [1.165, 1.54) is 0 Å². The van der Waals surface area contributed by atoms with Crippen LogP contribution >= 0.6 is 26.0 Å². The summed E-state index contributed by atoms with van der Waals surface area (Å²) in [6, 6.07) is 0. The number of phosphoric acid groups is 1. The maximum Gasteiger partial charge on any atom is 0.280 e. The number of imidazole rings is 1. The van der Waals surface area contributed by atoms with Crippen LogP contribution in [0, 0.1) is 0 Å². The van der Waals surface area contributed by atoms with Gasteiger partial charge in [-0.2, -0.15) is 4.98 Å². The molecule has 0 spiro atoms. The standard InChI is InChI=1S/C10H15N5O10P2S/c11-10-13-7-4(8(18)14-10)12-2-15(7)9-6(17)5(16)3(24-9)1-28-27(22,23)25-26(19,20)21/h2-3,5-6,9,16-17H,1H2,(H,22,23)(H2,19,20,21)(H3,11,13,14,18)/p-3/t3-,5-,6-,9-/m1/s1. The molecule has 5 atom stereocenters. The minimum atomic E-state index is -5.78. The van der Waals surface area contributed by atoms with E-state index < -0.39 is 50.5 Å². The Hall–Kier alpha value is -1.32. The molecular weight excluding hydrogens is 444 g/mol. The van der Waals surface area contributed by atoms with Gasteiger partial charge in [-0.3, -0.25) is 23.2 Å². The molecule has 1 fully saturated rings. The van der Waals surface area contributed by atoms with Gasteiger partial charge in [0.1, 0.15) is 12.2 Å². The summed E-state index contributed by atoms with van der Waals surface area (Å²) in [4.78, 5) is 54.1. The molecule has 0 bridgehead atoms. The highest BCUT2D eigenvalue weighted by Gasteiger charge is 2.44. The highest BCUT2D eigenvalue weighted by molar-refractivity contribution is 8.54. The molecule has 0 amide bonds. The zero-order chi connectivity index (χ0) is 20.9. The van der Waals surface area contributed by atoms with E-state index >= 15 is 0 Å². The second-order valence-electron chi connectivity index (χ2n) is 5.59. The first kappa shape index (κ1) is 21.4. The highest BCUT2D eigenvalue weighted by atomic mass is 32.7. The Morgan fingerprint density at radius 2 is 2.04 bits per heavy atom. The fourth-order valence-corrected chi connectivity index (χ4v) is 6.46. The minimum Gasteiger partial charge on any atom is -0.790 e. The summed E-state index contributed by atoms with van der Waals surface area (Å²) in [6.07, 6.45) is -4.68. The molecule has 3 heterocycles. The van der Waals surface area contributed by atoms with Crippen LogP contribution in [-0.4, -0.2) is 53.8 Å². The van der Waals surface area contributed by atoms with Gasteiger partial charge in [0, 0.05) is 5.75 Å². The number of nitrogens with two attached hydrogens (primary N) is 1. The number of hydrogen-bond acceptors (Lipinski definition) is 14. The van der Waals surface area contributed by atoms with Gasteiger partial charge < -0.3 is 39.9 Å². The average Bonchev–Trinajstić information content (AvgIpc) is 3.06. The third kappa shape index (κ3) is 4.46. The lowest BCUT2D eigenvalue weighted by Crippen LogP contribution is -2.32. The van der Waals surface area contributed by atoms with Crippen molar-refractivity contribution in [1.29, 1.82) is 0 Å². The van der Waals surface area contributed by atoms with Crippen LogP contribution < -0.4 is 26.0 Å². The fourth-order valence-electron chi connectivity index (χ4n) is 2.54. The quantitative estimate of drug-likeness (QED) is 0.306. The average molecular weight is 456 g/mol. The molecule has 1 aliphatic heterocycles. The third-order valence-corrected chi connectivity index (χ3v) is 8.05. The monoisotopic (exact) mass is 456 g/mol. The number of nitrogens with one attached hydrogen (secondary N) is 1. The molecule has 2 aromatic rings. The lowest BCUT2D eigenvalue weighted by atomic mass is 10.1. The molecule has 0 radical (unpaired) electrons. The van der Waals surface area contributed by atoms with Crippen LogP contribution in [-0.2, 0) is 18.2 Å². The number of aromatic nitrogens is 4. The van der Waals surface area contributed by atoms with Crippen LogP contribution in [0.25, 0.3) is 11.2 Å². The van der Waals surface area contributed by atoms with E-state index in [4.69, 9.17) is 10.5 Å². The van der Waals surface area contributed by atoms with Crippen molar-refractivity contribution in [2.75, 3.05) is 11.5 Å². The molecule has 15 nitrogen and oxygen atoms in total. The van der Waals surface area contributed by atoms with Crippen molar-refractivity contribution in [1.82, 2.24) is 19.5 Å². The van der Waals surface area contributed by atoms with E-state index in [1.54, 1.807) is 0 Å². The first-order valence-corrected chi connectivity index (χ1v) is 11.9. The summed E-state index contributed by atoms with van der Waals surface area (Å²) in [6.45, 7) is -5.13. The predicted octanol–water partition coefficient (Wildman–Crippen LogP) is -3.63. The molecular formula is C10H12N5O10P2S-3. The van der Waals surface area contributed by atoms with Crippen molar-refractivity contribution in [3.8, 4) is 0 Å². The molecule has 0 aliphatic carbocycles. The SMILES string of the molecule is Nc1nc2c(ncn2[C@@H]2O[C@H](CSP(=O)([O-])OP(=O)([O-])[O-])[C@@H](O)[C@H]2O)c(=O)[nH]1. The molecule has 2 aromatic heterocycles. The Balaban J connectivity index is 1.79. The van der Waals surface area contributed by atoms with Gasteiger partial charge in [0.15, 0.2) is 24.2 Å². The lowest BCUT2D eigenvalue weighted by molar-refractivity contribution is -0.337. The van der Waals surface area contributed by atoms with Gasteiger partial charge in [0.25, 0.3) is 5.56 Å². The van der Waals surface area contributed by atoms with E-state index in [0.717, 1.165) is 10.9 Å². The maximum absolute atomic E-state index is 11.8. The first-order chi connectivity index (χ1) is 12.9. The normalized spacial score (nSPS) is 27.9. The fraction of sp³-hybridized carbons (Fsp3) is 0.500. The maximum atomic E-state index is 11.8. The topological polar surface area (TPSA) is 252 Å². The van der Waals surface area contributed by atoms with Crippen molar-refractivity contribution < 1.29 is 43.1 Å². The van der Waals surface area contributed by atoms with E-state index in [1.807, 2.05) is 0 Å². The largest absolute Gasteiger partial charge is 0.790 e. The van der Waals surface area contributed by atoms with Crippen molar-refractivity contribution in [2.24, 2.45) is 0 Å². The molecule has 1 aliphatic rings. The minimum absolute atomic E-state index is 0.0534. The van der Waals surface area contributed by atoms with E-state index in [0.29, 0.717) is 0 Å². The number of aliphatic hydroxyl groups is 2. The number of hydrogen-bond donors (Lipinski definition) is 4. The number of fused-ring (bicyclic) bond motifs is 1. The Kier molecular flexibility index (Phi) is 5.73. The van der Waals surface area contributed by atoms with E-state index in [9.17, 15) is 38.8 Å². The number of H-pyrrole nitrogens is 1. The summed E-state index contributed by atoms with van der Waals surface area (Å²) >= 11 is -0.0896. The molecule has 1 unspecified atom stereocenters. The molecule has 28 heavy (non-hydrogen) atoms.